The van der Waals surface area contributed by atoms with Crippen molar-refractivity contribution in [1.29, 1.82) is 0 Å². The fourth-order valence-electron chi connectivity index (χ4n) is 2.06. The highest BCUT2D eigenvalue weighted by atomic mass is 35.5. The fraction of sp³-hybridized carbons (Fsp3) is 0.200. The first-order valence-corrected chi connectivity index (χ1v) is 9.21. The van der Waals surface area contributed by atoms with Crippen molar-refractivity contribution >= 4 is 38.9 Å². The summed E-state index contributed by atoms with van der Waals surface area (Å²) in [5.74, 6) is -0.660. The smallest absolute Gasteiger partial charge is 0.271 e. The third-order valence-electron chi connectivity index (χ3n) is 3.49. The molecule has 0 saturated carbocycles. The number of carbonyl (C=O) groups is 1. The van der Waals surface area contributed by atoms with Gasteiger partial charge >= 0.3 is 0 Å². The number of amides is 1. The lowest BCUT2D eigenvalue weighted by Gasteiger charge is -2.13. The number of hydrogen-bond acceptors (Lipinski definition) is 6. The summed E-state index contributed by atoms with van der Waals surface area (Å²) >= 11 is 5.90. The van der Waals surface area contributed by atoms with E-state index in [-0.39, 0.29) is 21.3 Å². The van der Waals surface area contributed by atoms with Crippen LogP contribution in [-0.2, 0) is 21.4 Å². The van der Waals surface area contributed by atoms with Crippen LogP contribution in [0.25, 0.3) is 0 Å². The van der Waals surface area contributed by atoms with Gasteiger partial charge in [0.05, 0.1) is 20.5 Å². The number of pyridine rings is 1. The fourth-order valence-corrected chi connectivity index (χ4v) is 3.20. The van der Waals surface area contributed by atoms with Crippen molar-refractivity contribution in [2.24, 2.45) is 0 Å². The molecule has 0 aliphatic rings. The van der Waals surface area contributed by atoms with E-state index in [1.54, 1.807) is 0 Å². The second-order valence-electron chi connectivity index (χ2n) is 5.59. The van der Waals surface area contributed by atoms with E-state index in [2.05, 4.69) is 5.32 Å². The minimum absolute atomic E-state index is 0.0474. The molecule has 10 nitrogen and oxygen atoms in total. The van der Waals surface area contributed by atoms with E-state index < -0.39 is 33.0 Å². The monoisotopic (exact) mass is 414 g/mol. The zero-order chi connectivity index (χ0) is 20.4. The van der Waals surface area contributed by atoms with Crippen LogP contribution in [0.5, 0.6) is 0 Å². The molecule has 0 atom stereocenters. The molecule has 1 N–H and O–H groups in total. The van der Waals surface area contributed by atoms with Crippen molar-refractivity contribution in [3.63, 3.8) is 0 Å². The normalized spacial score (nSPS) is 11.4. The van der Waals surface area contributed by atoms with Crippen LogP contribution in [0.3, 0.4) is 0 Å². The van der Waals surface area contributed by atoms with Gasteiger partial charge in [0.15, 0.2) is 0 Å². The zero-order valence-electron chi connectivity index (χ0n) is 14.2. The van der Waals surface area contributed by atoms with Gasteiger partial charge in [-0.25, -0.2) is 12.7 Å². The van der Waals surface area contributed by atoms with Crippen molar-refractivity contribution in [2.75, 3.05) is 19.4 Å². The molecule has 0 spiro atoms. The first-order chi connectivity index (χ1) is 12.5. The predicted octanol–water partition coefficient (Wildman–Crippen LogP) is 1.30. The number of aromatic nitrogens is 1. The van der Waals surface area contributed by atoms with Gasteiger partial charge < -0.3 is 9.88 Å². The van der Waals surface area contributed by atoms with Crippen molar-refractivity contribution < 1.29 is 18.1 Å². The summed E-state index contributed by atoms with van der Waals surface area (Å²) in [5, 5.41) is 13.1. The summed E-state index contributed by atoms with van der Waals surface area (Å²) < 4.78 is 26.2. The van der Waals surface area contributed by atoms with Gasteiger partial charge in [-0.1, -0.05) is 11.6 Å². The Bertz CT molecular complexity index is 1060. The van der Waals surface area contributed by atoms with Crippen molar-refractivity contribution in [1.82, 2.24) is 8.87 Å². The van der Waals surface area contributed by atoms with Crippen LogP contribution < -0.4 is 10.9 Å². The minimum atomic E-state index is -3.77. The van der Waals surface area contributed by atoms with Crippen LogP contribution in [-0.4, -0.2) is 42.2 Å². The summed E-state index contributed by atoms with van der Waals surface area (Å²) in [6, 6.07) is 5.70. The number of nitrogens with one attached hydrogen (secondary N) is 1. The van der Waals surface area contributed by atoms with E-state index in [9.17, 15) is 28.1 Å². The molecule has 0 fully saturated rings. The maximum absolute atomic E-state index is 12.2. The summed E-state index contributed by atoms with van der Waals surface area (Å²) in [7, 11) is -1.09. The van der Waals surface area contributed by atoms with E-state index >= 15 is 0 Å². The Morgan fingerprint density at radius 3 is 2.52 bits per heavy atom. The number of nitro benzene ring substituents is 1. The highest BCUT2D eigenvalue weighted by Gasteiger charge is 2.19. The molecule has 0 radical (unpaired) electrons. The van der Waals surface area contributed by atoms with Crippen molar-refractivity contribution in [3.05, 3.63) is 62.0 Å². The van der Waals surface area contributed by atoms with Gasteiger partial charge in [0.25, 0.3) is 11.2 Å². The molecule has 144 valence electrons. The minimum Gasteiger partial charge on any atom is -0.323 e. The molecular weight excluding hydrogens is 400 g/mol. The summed E-state index contributed by atoms with van der Waals surface area (Å²) in [5.41, 5.74) is -0.689. The van der Waals surface area contributed by atoms with Gasteiger partial charge in [0.2, 0.25) is 15.9 Å². The lowest BCUT2D eigenvalue weighted by atomic mass is 10.3. The van der Waals surface area contributed by atoms with Crippen molar-refractivity contribution in [3.8, 4) is 0 Å². The average Bonchev–Trinajstić information content (AvgIpc) is 2.58. The molecule has 1 amide bonds. The van der Waals surface area contributed by atoms with Gasteiger partial charge in [0, 0.05) is 38.5 Å². The highest BCUT2D eigenvalue weighted by molar-refractivity contribution is 7.89. The lowest BCUT2D eigenvalue weighted by molar-refractivity contribution is -0.384. The zero-order valence-corrected chi connectivity index (χ0v) is 15.8. The number of benzene rings is 1. The molecule has 0 aliphatic carbocycles. The average molecular weight is 415 g/mol. The quantitative estimate of drug-likeness (QED) is 0.559. The first kappa shape index (κ1) is 20.6. The molecule has 12 heteroatoms. The Hall–Kier alpha value is -2.76. The van der Waals surface area contributed by atoms with Crippen LogP contribution in [0.2, 0.25) is 5.02 Å². The Labute approximate surface area is 159 Å². The van der Waals surface area contributed by atoms with Gasteiger partial charge in [-0.3, -0.25) is 19.7 Å². The van der Waals surface area contributed by atoms with E-state index in [0.717, 1.165) is 39.3 Å². The first-order valence-electron chi connectivity index (χ1n) is 7.39. The van der Waals surface area contributed by atoms with Gasteiger partial charge in [-0.05, 0) is 12.1 Å². The molecule has 0 aliphatic heterocycles. The van der Waals surface area contributed by atoms with E-state index in [0.29, 0.717) is 0 Å². The van der Waals surface area contributed by atoms with E-state index in [4.69, 9.17) is 11.6 Å². The maximum Gasteiger partial charge on any atom is 0.271 e. The Morgan fingerprint density at radius 1 is 1.30 bits per heavy atom. The van der Waals surface area contributed by atoms with Gasteiger partial charge in [-0.2, -0.15) is 0 Å². The number of hydrogen-bond donors (Lipinski definition) is 1. The van der Waals surface area contributed by atoms with Gasteiger partial charge in [0.1, 0.15) is 6.54 Å². The van der Waals surface area contributed by atoms with E-state index in [1.165, 1.54) is 20.2 Å². The summed E-state index contributed by atoms with van der Waals surface area (Å²) in [6.45, 7) is -0.469. The van der Waals surface area contributed by atoms with E-state index in [1.807, 2.05) is 0 Å². The number of non-ortho nitro benzene ring substituents is 1. The molecule has 1 aromatic heterocycles. The Morgan fingerprint density at radius 2 is 1.96 bits per heavy atom. The topological polar surface area (TPSA) is 132 Å². The lowest BCUT2D eigenvalue weighted by Crippen LogP contribution is -2.29. The molecule has 0 saturated heterocycles. The standard InChI is InChI=1S/C15H15ClN4O6S/c1-18(2)27(25,26)11-4-6-15(22)19(8-11)9-14(21)17-13-5-3-10(20(23)24)7-12(13)16/h3-8H,9H2,1-2H3,(H,17,21). The van der Waals surface area contributed by atoms with Crippen LogP contribution in [0.15, 0.2) is 46.2 Å². The maximum atomic E-state index is 12.2. The predicted molar refractivity (Wildman–Crippen MR) is 98.3 cm³/mol. The molecule has 0 bridgehead atoms. The number of rotatable bonds is 6. The number of anilines is 1. The molecule has 2 aromatic rings. The molecule has 1 aromatic carbocycles. The largest absolute Gasteiger partial charge is 0.323 e. The molecule has 0 unspecified atom stereocenters. The Kier molecular flexibility index (Phi) is 5.98. The molecular formula is C15H15ClN4O6S. The third-order valence-corrected chi connectivity index (χ3v) is 5.60. The number of nitro groups is 1. The Balaban J connectivity index is 2.24. The summed E-state index contributed by atoms with van der Waals surface area (Å²) in [6.07, 6.45) is 1.06. The molecule has 27 heavy (non-hydrogen) atoms. The second-order valence-corrected chi connectivity index (χ2v) is 8.15. The number of sulfonamides is 1. The molecule has 1 heterocycles. The number of halogens is 1. The van der Waals surface area contributed by atoms with Crippen LogP contribution in [0, 0.1) is 10.1 Å². The number of carbonyl (C=O) groups excluding carboxylic acids is 1. The third kappa shape index (κ3) is 4.70. The second kappa shape index (κ2) is 7.86. The summed E-state index contributed by atoms with van der Waals surface area (Å²) in [4.78, 5) is 34.0. The van der Waals surface area contributed by atoms with Crippen molar-refractivity contribution in [2.45, 2.75) is 11.4 Å². The molecule has 2 rings (SSSR count). The van der Waals surface area contributed by atoms with Crippen LogP contribution >= 0.6 is 11.6 Å². The van der Waals surface area contributed by atoms with Crippen LogP contribution in [0.4, 0.5) is 11.4 Å². The van der Waals surface area contributed by atoms with Gasteiger partial charge in [-0.15, -0.1) is 0 Å². The SMILES string of the molecule is CN(C)S(=O)(=O)c1ccc(=O)n(CC(=O)Nc2ccc([N+](=O)[O-])cc2Cl)c1. The van der Waals surface area contributed by atoms with Crippen LogP contribution in [0.1, 0.15) is 0 Å². The highest BCUT2D eigenvalue weighted by Crippen LogP contribution is 2.26. The number of nitrogens with zero attached hydrogens (tertiary/aromatic N) is 3.